The second-order valence-electron chi connectivity index (χ2n) is 0.437. The molecule has 4 heteroatoms. The highest BCUT2D eigenvalue weighted by atomic mass is 35.5. The molecule has 9 heavy (non-hydrogen) atoms. The van der Waals surface area contributed by atoms with Crippen LogP contribution in [0.1, 0.15) is 0 Å². The Morgan fingerprint density at radius 2 is 1.44 bits per heavy atom. The fourth-order valence-corrected chi connectivity index (χ4v) is 0. The summed E-state index contributed by atoms with van der Waals surface area (Å²) in [6, 6.07) is 0. The van der Waals surface area contributed by atoms with E-state index >= 15 is 0 Å². The van der Waals surface area contributed by atoms with Gasteiger partial charge in [0.25, 0.3) is 0 Å². The molecule has 54 valence electrons. The molecule has 0 atom stereocenters. The standard InChI is InChI=1S/C2H3Cl.C2H4.CH2O3/c1-2-3;1-2;2-1(3)4/h2H,1H2;1-2H2;(H2,2,3,4). The second kappa shape index (κ2) is 27.8. The lowest BCUT2D eigenvalue weighted by molar-refractivity contribution is 0.137. The molecular weight excluding hydrogens is 144 g/mol. The Morgan fingerprint density at radius 3 is 1.44 bits per heavy atom. The maximum Gasteiger partial charge on any atom is 0.503 e. The van der Waals surface area contributed by atoms with Crippen LogP contribution in [0.4, 0.5) is 4.79 Å². The highest BCUT2D eigenvalue weighted by molar-refractivity contribution is 6.25. The van der Waals surface area contributed by atoms with Crippen molar-refractivity contribution < 1.29 is 15.0 Å². The topological polar surface area (TPSA) is 57.5 Å². The minimum Gasteiger partial charge on any atom is -0.450 e. The van der Waals surface area contributed by atoms with Crippen LogP contribution in [0.5, 0.6) is 0 Å². The van der Waals surface area contributed by atoms with Gasteiger partial charge in [0, 0.05) is 0 Å². The van der Waals surface area contributed by atoms with E-state index in [1.165, 1.54) is 5.54 Å². The molecule has 0 saturated heterocycles. The highest BCUT2D eigenvalue weighted by Crippen LogP contribution is 1.60. The third-order valence-corrected chi connectivity index (χ3v) is 0. The van der Waals surface area contributed by atoms with E-state index in [1.54, 1.807) is 0 Å². The van der Waals surface area contributed by atoms with E-state index in [2.05, 4.69) is 19.7 Å². The van der Waals surface area contributed by atoms with Gasteiger partial charge >= 0.3 is 6.16 Å². The maximum atomic E-state index is 8.56. The van der Waals surface area contributed by atoms with Crippen molar-refractivity contribution in [2.75, 3.05) is 0 Å². The second-order valence-corrected chi connectivity index (χ2v) is 0.745. The van der Waals surface area contributed by atoms with Crippen molar-refractivity contribution in [3.63, 3.8) is 0 Å². The van der Waals surface area contributed by atoms with E-state index in [0.717, 1.165) is 0 Å². The SMILES string of the molecule is C=C.C=CCl.O=C(O)O. The Balaban J connectivity index is -0.0000000646. The van der Waals surface area contributed by atoms with Gasteiger partial charge in [-0.2, -0.15) is 0 Å². The van der Waals surface area contributed by atoms with Gasteiger partial charge in [0.1, 0.15) is 0 Å². The number of carbonyl (C=O) groups is 1. The smallest absolute Gasteiger partial charge is 0.450 e. The Morgan fingerprint density at radius 1 is 1.44 bits per heavy atom. The van der Waals surface area contributed by atoms with Crippen LogP contribution in [0.15, 0.2) is 25.3 Å². The van der Waals surface area contributed by atoms with Gasteiger partial charge in [0.15, 0.2) is 0 Å². The van der Waals surface area contributed by atoms with Crippen molar-refractivity contribution in [3.8, 4) is 0 Å². The van der Waals surface area contributed by atoms with Gasteiger partial charge < -0.3 is 10.2 Å². The molecule has 0 unspecified atom stereocenters. The molecule has 0 amide bonds. The quantitative estimate of drug-likeness (QED) is 0.524. The number of rotatable bonds is 0. The minimum atomic E-state index is -1.83. The van der Waals surface area contributed by atoms with Crippen LogP contribution in [0.25, 0.3) is 0 Å². The van der Waals surface area contributed by atoms with Crippen molar-refractivity contribution in [2.45, 2.75) is 0 Å². The van der Waals surface area contributed by atoms with Crippen molar-refractivity contribution in [2.24, 2.45) is 0 Å². The average Bonchev–Trinajstić information content (AvgIpc) is 1.71. The largest absolute Gasteiger partial charge is 0.503 e. The summed E-state index contributed by atoms with van der Waals surface area (Å²) in [7, 11) is 0. The lowest BCUT2D eigenvalue weighted by Gasteiger charge is -1.60. The lowest BCUT2D eigenvalue weighted by atomic mass is 11.3. The summed E-state index contributed by atoms with van der Waals surface area (Å²) in [6.45, 7) is 9.13. The molecule has 0 aromatic heterocycles. The summed E-state index contributed by atoms with van der Waals surface area (Å²) in [4.78, 5) is 8.56. The zero-order valence-electron chi connectivity index (χ0n) is 4.88. The van der Waals surface area contributed by atoms with Crippen LogP contribution in [0, 0.1) is 0 Å². The molecule has 0 aromatic carbocycles. The van der Waals surface area contributed by atoms with Crippen LogP contribution >= 0.6 is 11.6 Å². The minimum absolute atomic E-state index is 1.22. The summed E-state index contributed by atoms with van der Waals surface area (Å²) in [5.74, 6) is 0. The summed E-state index contributed by atoms with van der Waals surface area (Å²) < 4.78 is 0. The summed E-state index contributed by atoms with van der Waals surface area (Å²) in [5, 5.41) is 13.9. The van der Waals surface area contributed by atoms with Gasteiger partial charge in [-0.3, -0.25) is 0 Å². The molecule has 3 nitrogen and oxygen atoms in total. The van der Waals surface area contributed by atoms with E-state index in [9.17, 15) is 0 Å². The van der Waals surface area contributed by atoms with Crippen molar-refractivity contribution in [1.82, 2.24) is 0 Å². The fourth-order valence-electron chi connectivity index (χ4n) is 0. The molecule has 0 aliphatic rings. The van der Waals surface area contributed by atoms with Crippen molar-refractivity contribution in [1.29, 1.82) is 0 Å². The highest BCUT2D eigenvalue weighted by Gasteiger charge is 1.70. The number of halogens is 1. The van der Waals surface area contributed by atoms with Gasteiger partial charge in [-0.25, -0.2) is 4.79 Å². The molecule has 0 radical (unpaired) electrons. The molecule has 0 aliphatic heterocycles. The molecule has 0 heterocycles. The van der Waals surface area contributed by atoms with Crippen LogP contribution < -0.4 is 0 Å². The molecule has 0 saturated carbocycles. The van der Waals surface area contributed by atoms with Crippen LogP contribution in [0.3, 0.4) is 0 Å². The first kappa shape index (κ1) is 15.7. The number of carboxylic acid groups (broad SMARTS) is 2. The van der Waals surface area contributed by atoms with Gasteiger partial charge in [0.2, 0.25) is 0 Å². The molecule has 0 rings (SSSR count). The van der Waals surface area contributed by atoms with Gasteiger partial charge in [-0.1, -0.05) is 18.2 Å². The Kier molecular flexibility index (Phi) is 48.4. The monoisotopic (exact) mass is 152 g/mol. The van der Waals surface area contributed by atoms with E-state index in [1.807, 2.05) is 0 Å². The normalized spacial score (nSPS) is 4.56. The zero-order chi connectivity index (χ0) is 8.28. The number of hydrogen-bond donors (Lipinski definition) is 2. The molecule has 0 aromatic rings. The Labute approximate surface area is 58.9 Å². The zero-order valence-corrected chi connectivity index (χ0v) is 5.64. The molecule has 0 aliphatic carbocycles. The van der Waals surface area contributed by atoms with Crippen molar-refractivity contribution in [3.05, 3.63) is 25.3 Å². The van der Waals surface area contributed by atoms with Crippen LogP contribution in [0.2, 0.25) is 0 Å². The van der Waals surface area contributed by atoms with Crippen molar-refractivity contribution >= 4 is 17.8 Å². The first-order chi connectivity index (χ1) is 4.15. The predicted molar refractivity (Wildman–Crippen MR) is 38.0 cm³/mol. The average molecular weight is 153 g/mol. The van der Waals surface area contributed by atoms with Crippen LogP contribution in [-0.2, 0) is 0 Å². The first-order valence-corrected chi connectivity index (χ1v) is 2.21. The molecule has 0 bridgehead atoms. The third-order valence-electron chi connectivity index (χ3n) is 0. The van der Waals surface area contributed by atoms with E-state index < -0.39 is 6.16 Å². The molecular formula is C5H9ClO3. The van der Waals surface area contributed by atoms with E-state index in [4.69, 9.17) is 26.6 Å². The number of hydrogen-bond acceptors (Lipinski definition) is 1. The summed E-state index contributed by atoms with van der Waals surface area (Å²) in [6.07, 6.45) is -1.83. The summed E-state index contributed by atoms with van der Waals surface area (Å²) >= 11 is 4.76. The maximum absolute atomic E-state index is 8.56. The van der Waals surface area contributed by atoms with Gasteiger partial charge in [-0.05, 0) is 5.54 Å². The molecule has 2 N–H and O–H groups in total. The van der Waals surface area contributed by atoms with E-state index in [-0.39, 0.29) is 0 Å². The summed E-state index contributed by atoms with van der Waals surface area (Å²) in [5.41, 5.74) is 1.22. The van der Waals surface area contributed by atoms with Gasteiger partial charge in [0.05, 0.1) is 0 Å². The van der Waals surface area contributed by atoms with E-state index in [0.29, 0.717) is 0 Å². The molecule has 0 spiro atoms. The predicted octanol–water partition coefficient (Wildman–Crippen LogP) is 2.39. The lowest BCUT2D eigenvalue weighted by Crippen LogP contribution is -1.81. The Hall–Kier alpha value is -0.960. The fraction of sp³-hybridized carbons (Fsp3) is 0. The Bertz CT molecular complexity index is 68.6. The third kappa shape index (κ3) is 194. The first-order valence-electron chi connectivity index (χ1n) is 1.78. The van der Waals surface area contributed by atoms with Gasteiger partial charge in [-0.15, -0.1) is 13.2 Å². The molecule has 0 fully saturated rings. The van der Waals surface area contributed by atoms with Crippen LogP contribution in [-0.4, -0.2) is 16.4 Å².